The Morgan fingerprint density at radius 2 is 1.90 bits per heavy atom. The Hall–Kier alpha value is -1.83. The fraction of sp³-hybridized carbons (Fsp3) is 0.235. The number of nitrogens with zero attached hydrogens (tertiary/aromatic N) is 1. The van der Waals surface area contributed by atoms with E-state index < -0.39 is 0 Å². The normalized spacial score (nSPS) is 10.1. The molecule has 21 heavy (non-hydrogen) atoms. The number of nitriles is 1. The minimum absolute atomic E-state index is 0.551. The summed E-state index contributed by atoms with van der Waals surface area (Å²) in [6.45, 7) is 2.33. The van der Waals surface area contributed by atoms with Crippen molar-refractivity contribution in [1.82, 2.24) is 5.32 Å². The molecular formula is C17H17BrN2O. The van der Waals surface area contributed by atoms with Crippen LogP contribution in [0.2, 0.25) is 0 Å². The molecule has 0 aliphatic carbocycles. The number of rotatable bonds is 7. The van der Waals surface area contributed by atoms with Crippen molar-refractivity contribution >= 4 is 15.9 Å². The highest BCUT2D eigenvalue weighted by Gasteiger charge is 2.06. The van der Waals surface area contributed by atoms with E-state index in [1.165, 1.54) is 5.56 Å². The minimum Gasteiger partial charge on any atom is -0.492 e. The molecule has 0 spiro atoms. The molecule has 0 aliphatic heterocycles. The monoisotopic (exact) mass is 344 g/mol. The number of halogens is 1. The largest absolute Gasteiger partial charge is 0.492 e. The summed E-state index contributed by atoms with van der Waals surface area (Å²) in [7, 11) is 0. The van der Waals surface area contributed by atoms with Crippen molar-refractivity contribution in [3.8, 4) is 11.8 Å². The van der Waals surface area contributed by atoms with E-state index in [4.69, 9.17) is 10.00 Å². The molecule has 0 saturated carbocycles. The lowest BCUT2D eigenvalue weighted by atomic mass is 10.2. The van der Waals surface area contributed by atoms with Crippen LogP contribution in [0.1, 0.15) is 17.5 Å². The smallest absolute Gasteiger partial charge is 0.138 e. The summed E-state index contributed by atoms with van der Waals surface area (Å²) in [6, 6.07) is 18.0. The third-order valence-corrected chi connectivity index (χ3v) is 3.68. The molecule has 0 fully saturated rings. The van der Waals surface area contributed by atoms with Gasteiger partial charge in [0.25, 0.3) is 0 Å². The molecule has 0 radical (unpaired) electrons. The minimum atomic E-state index is 0.551. The second-order valence-electron chi connectivity index (χ2n) is 4.59. The van der Waals surface area contributed by atoms with E-state index in [0.29, 0.717) is 17.9 Å². The van der Waals surface area contributed by atoms with Gasteiger partial charge in [0.05, 0.1) is 6.61 Å². The number of nitrogens with one attached hydrogen (secondary N) is 1. The molecule has 1 N–H and O–H groups in total. The molecule has 0 atom stereocenters. The first-order valence-electron chi connectivity index (χ1n) is 6.87. The first-order valence-corrected chi connectivity index (χ1v) is 7.66. The van der Waals surface area contributed by atoms with Gasteiger partial charge in [0, 0.05) is 11.0 Å². The van der Waals surface area contributed by atoms with E-state index in [1.54, 1.807) is 0 Å². The Kier molecular flexibility index (Phi) is 6.26. The van der Waals surface area contributed by atoms with Crippen molar-refractivity contribution in [1.29, 1.82) is 5.26 Å². The summed E-state index contributed by atoms with van der Waals surface area (Å²) in [5.41, 5.74) is 1.83. The van der Waals surface area contributed by atoms with Crippen LogP contribution in [-0.4, -0.2) is 13.2 Å². The van der Waals surface area contributed by atoms with Gasteiger partial charge in [0.2, 0.25) is 0 Å². The van der Waals surface area contributed by atoms with Crippen LogP contribution in [0.25, 0.3) is 0 Å². The van der Waals surface area contributed by atoms with Crippen LogP contribution in [0, 0.1) is 11.3 Å². The molecule has 3 nitrogen and oxygen atoms in total. The van der Waals surface area contributed by atoms with Crippen LogP contribution in [-0.2, 0) is 6.54 Å². The number of hydrogen-bond donors (Lipinski definition) is 1. The summed E-state index contributed by atoms with van der Waals surface area (Å²) in [5, 5.41) is 12.5. The summed E-state index contributed by atoms with van der Waals surface area (Å²) in [5.74, 6) is 0.634. The quantitative estimate of drug-likeness (QED) is 0.775. The van der Waals surface area contributed by atoms with Crippen molar-refractivity contribution in [2.24, 2.45) is 0 Å². The topological polar surface area (TPSA) is 45.0 Å². The predicted molar refractivity (Wildman–Crippen MR) is 87.1 cm³/mol. The predicted octanol–water partition coefficient (Wildman–Crippen LogP) is 3.88. The van der Waals surface area contributed by atoms with Gasteiger partial charge < -0.3 is 10.1 Å². The van der Waals surface area contributed by atoms with Gasteiger partial charge in [-0.05, 0) is 46.6 Å². The van der Waals surface area contributed by atoms with Gasteiger partial charge in [-0.3, -0.25) is 0 Å². The molecule has 0 aromatic heterocycles. The van der Waals surface area contributed by atoms with Crippen LogP contribution >= 0.6 is 15.9 Å². The van der Waals surface area contributed by atoms with E-state index >= 15 is 0 Å². The van der Waals surface area contributed by atoms with Gasteiger partial charge in [0.1, 0.15) is 17.4 Å². The number of hydrogen-bond acceptors (Lipinski definition) is 3. The van der Waals surface area contributed by atoms with E-state index in [-0.39, 0.29) is 0 Å². The van der Waals surface area contributed by atoms with Gasteiger partial charge in [-0.2, -0.15) is 5.26 Å². The van der Waals surface area contributed by atoms with Crippen LogP contribution in [0.5, 0.6) is 5.75 Å². The second kappa shape index (κ2) is 8.46. The Bertz CT molecular complexity index is 608. The summed E-state index contributed by atoms with van der Waals surface area (Å²) in [4.78, 5) is 0. The zero-order valence-corrected chi connectivity index (χ0v) is 13.3. The first-order chi connectivity index (χ1) is 10.3. The van der Waals surface area contributed by atoms with Gasteiger partial charge in [-0.25, -0.2) is 0 Å². The molecule has 2 aromatic carbocycles. The lowest BCUT2D eigenvalue weighted by Gasteiger charge is -2.09. The van der Waals surface area contributed by atoms with Crippen LogP contribution < -0.4 is 10.1 Å². The molecule has 0 unspecified atom stereocenters. The molecule has 0 saturated heterocycles. The van der Waals surface area contributed by atoms with Crippen molar-refractivity contribution in [3.05, 3.63) is 64.1 Å². The first kappa shape index (κ1) is 15.6. The van der Waals surface area contributed by atoms with Crippen LogP contribution in [0.15, 0.2) is 53.0 Å². The fourth-order valence-corrected chi connectivity index (χ4v) is 2.38. The van der Waals surface area contributed by atoms with Gasteiger partial charge in [0.15, 0.2) is 0 Å². The third kappa shape index (κ3) is 4.89. The van der Waals surface area contributed by atoms with Gasteiger partial charge in [-0.15, -0.1) is 0 Å². The average molecular weight is 345 g/mol. The van der Waals surface area contributed by atoms with E-state index in [2.05, 4.69) is 39.4 Å². The third-order valence-electron chi connectivity index (χ3n) is 3.01. The van der Waals surface area contributed by atoms with Crippen molar-refractivity contribution in [2.45, 2.75) is 13.0 Å². The Morgan fingerprint density at radius 1 is 1.10 bits per heavy atom. The summed E-state index contributed by atoms with van der Waals surface area (Å²) in [6.07, 6.45) is 0.893. The fourth-order valence-electron chi connectivity index (χ4n) is 1.94. The van der Waals surface area contributed by atoms with Crippen molar-refractivity contribution in [2.75, 3.05) is 13.2 Å². The molecule has 4 heteroatoms. The maximum absolute atomic E-state index is 9.09. The van der Waals surface area contributed by atoms with Crippen LogP contribution in [0.4, 0.5) is 0 Å². The molecule has 0 bridgehead atoms. The maximum Gasteiger partial charge on any atom is 0.138 e. The van der Waals surface area contributed by atoms with Gasteiger partial charge in [-0.1, -0.05) is 36.4 Å². The lowest BCUT2D eigenvalue weighted by molar-refractivity contribution is 0.307. The molecule has 2 aromatic rings. The second-order valence-corrected chi connectivity index (χ2v) is 5.44. The molecule has 0 heterocycles. The highest BCUT2D eigenvalue weighted by Crippen LogP contribution is 2.25. The summed E-state index contributed by atoms with van der Waals surface area (Å²) >= 11 is 3.35. The summed E-state index contributed by atoms with van der Waals surface area (Å²) < 4.78 is 6.44. The van der Waals surface area contributed by atoms with E-state index in [9.17, 15) is 0 Å². The Labute approximate surface area is 133 Å². The Balaban J connectivity index is 1.69. The number of ether oxygens (including phenoxy) is 1. The molecular weight excluding hydrogens is 328 g/mol. The standard InChI is InChI=1S/C17H17BrN2O/c18-16-8-4-9-17(15(16)12-19)21-11-5-10-20-13-14-6-2-1-3-7-14/h1-4,6-9,20H,5,10-11,13H2. The lowest BCUT2D eigenvalue weighted by Crippen LogP contribution is -2.17. The highest BCUT2D eigenvalue weighted by atomic mass is 79.9. The Morgan fingerprint density at radius 3 is 2.67 bits per heavy atom. The molecule has 0 aliphatic rings. The van der Waals surface area contributed by atoms with Crippen molar-refractivity contribution < 1.29 is 4.74 Å². The molecule has 2 rings (SSSR count). The zero-order valence-electron chi connectivity index (χ0n) is 11.7. The van der Waals surface area contributed by atoms with E-state index in [1.807, 2.05) is 36.4 Å². The number of benzene rings is 2. The SMILES string of the molecule is N#Cc1c(Br)cccc1OCCCNCc1ccccc1. The molecule has 0 amide bonds. The van der Waals surface area contributed by atoms with Crippen molar-refractivity contribution in [3.63, 3.8) is 0 Å². The van der Waals surface area contributed by atoms with Gasteiger partial charge >= 0.3 is 0 Å². The maximum atomic E-state index is 9.09. The molecule has 108 valence electrons. The zero-order chi connectivity index (χ0) is 14.9. The van der Waals surface area contributed by atoms with Crippen LogP contribution in [0.3, 0.4) is 0 Å². The highest BCUT2D eigenvalue weighted by molar-refractivity contribution is 9.10. The average Bonchev–Trinajstić information content (AvgIpc) is 2.52. The van der Waals surface area contributed by atoms with E-state index in [0.717, 1.165) is 24.0 Å².